The summed E-state index contributed by atoms with van der Waals surface area (Å²) in [5, 5.41) is 10.3. The van der Waals surface area contributed by atoms with Crippen LogP contribution in [0.1, 0.15) is 85.0 Å². The lowest BCUT2D eigenvalue weighted by molar-refractivity contribution is 0.0932. The van der Waals surface area contributed by atoms with Gasteiger partial charge in [-0.1, -0.05) is 26.2 Å². The van der Waals surface area contributed by atoms with E-state index in [2.05, 4.69) is 25.5 Å². The molecule has 0 bridgehead atoms. The van der Waals surface area contributed by atoms with Gasteiger partial charge in [0.2, 0.25) is 0 Å². The van der Waals surface area contributed by atoms with Crippen LogP contribution < -0.4 is 5.32 Å². The van der Waals surface area contributed by atoms with Crippen LogP contribution in [-0.2, 0) is 0 Å². The van der Waals surface area contributed by atoms with Gasteiger partial charge in [-0.2, -0.15) is 5.10 Å². The van der Waals surface area contributed by atoms with Crippen molar-refractivity contribution in [3.8, 4) is 0 Å². The number of aromatic nitrogens is 4. The zero-order valence-corrected chi connectivity index (χ0v) is 13.9. The Balaban J connectivity index is 1.74. The van der Waals surface area contributed by atoms with E-state index in [1.807, 2.05) is 13.8 Å². The van der Waals surface area contributed by atoms with Gasteiger partial charge in [0.1, 0.15) is 5.82 Å². The SMILES string of the molecule is CCC(NC(=O)c1cn[nH]c1C1CCCCC1)c1ncc(C)[nH]1. The summed E-state index contributed by atoms with van der Waals surface area (Å²) in [6.07, 6.45) is 10.3. The van der Waals surface area contributed by atoms with E-state index in [-0.39, 0.29) is 11.9 Å². The molecule has 1 fully saturated rings. The number of imidazole rings is 1. The first-order valence-corrected chi connectivity index (χ1v) is 8.54. The molecule has 1 saturated carbocycles. The van der Waals surface area contributed by atoms with E-state index in [9.17, 15) is 4.79 Å². The van der Waals surface area contributed by atoms with Crippen LogP contribution in [0.2, 0.25) is 0 Å². The number of carbonyl (C=O) groups excluding carboxylic acids is 1. The maximum atomic E-state index is 12.7. The van der Waals surface area contributed by atoms with Crippen LogP contribution in [0.5, 0.6) is 0 Å². The fourth-order valence-corrected chi connectivity index (χ4v) is 3.39. The Morgan fingerprint density at radius 1 is 1.35 bits per heavy atom. The van der Waals surface area contributed by atoms with Crippen LogP contribution in [0, 0.1) is 6.92 Å². The van der Waals surface area contributed by atoms with Crippen molar-refractivity contribution in [1.29, 1.82) is 0 Å². The summed E-state index contributed by atoms with van der Waals surface area (Å²) in [6, 6.07) is -0.106. The highest BCUT2D eigenvalue weighted by Crippen LogP contribution is 2.33. The molecule has 0 aliphatic heterocycles. The van der Waals surface area contributed by atoms with Crippen LogP contribution in [0.4, 0.5) is 0 Å². The lowest BCUT2D eigenvalue weighted by atomic mass is 9.85. The molecule has 2 aromatic rings. The third-order valence-corrected chi connectivity index (χ3v) is 4.69. The molecule has 1 aliphatic carbocycles. The van der Waals surface area contributed by atoms with E-state index in [0.717, 1.165) is 36.5 Å². The van der Waals surface area contributed by atoms with Crippen molar-refractivity contribution >= 4 is 5.91 Å². The Labute approximate surface area is 136 Å². The monoisotopic (exact) mass is 315 g/mol. The lowest BCUT2D eigenvalue weighted by Gasteiger charge is -2.22. The third-order valence-electron chi connectivity index (χ3n) is 4.69. The number of hydrogen-bond acceptors (Lipinski definition) is 3. The van der Waals surface area contributed by atoms with Crippen molar-refractivity contribution < 1.29 is 4.79 Å². The second kappa shape index (κ2) is 6.98. The molecule has 3 rings (SSSR count). The Morgan fingerprint density at radius 2 is 2.13 bits per heavy atom. The summed E-state index contributed by atoms with van der Waals surface area (Å²) in [5.41, 5.74) is 2.67. The number of rotatable bonds is 5. The Kier molecular flexibility index (Phi) is 4.79. The molecule has 124 valence electrons. The predicted molar refractivity (Wildman–Crippen MR) is 88.2 cm³/mol. The maximum absolute atomic E-state index is 12.7. The zero-order valence-electron chi connectivity index (χ0n) is 13.9. The maximum Gasteiger partial charge on any atom is 0.255 e. The van der Waals surface area contributed by atoms with E-state index < -0.39 is 0 Å². The van der Waals surface area contributed by atoms with Gasteiger partial charge < -0.3 is 10.3 Å². The average molecular weight is 315 g/mol. The third kappa shape index (κ3) is 3.46. The number of aromatic amines is 2. The highest BCUT2D eigenvalue weighted by molar-refractivity contribution is 5.95. The molecule has 0 saturated heterocycles. The zero-order chi connectivity index (χ0) is 16.2. The number of aryl methyl sites for hydroxylation is 1. The standard InChI is InChI=1S/C17H25N5O/c1-3-14(16-18-9-11(2)20-16)21-17(23)13-10-19-22-15(13)12-7-5-4-6-8-12/h9-10,12,14H,3-8H2,1-2H3,(H,18,20)(H,19,22)(H,21,23). The number of amides is 1. The summed E-state index contributed by atoms with van der Waals surface area (Å²) >= 11 is 0. The molecule has 3 N–H and O–H groups in total. The lowest BCUT2D eigenvalue weighted by Crippen LogP contribution is -2.29. The summed E-state index contributed by atoms with van der Waals surface area (Å²) in [6.45, 7) is 4.00. The van der Waals surface area contributed by atoms with Crippen LogP contribution >= 0.6 is 0 Å². The van der Waals surface area contributed by atoms with Gasteiger partial charge in [-0.3, -0.25) is 9.89 Å². The molecule has 6 nitrogen and oxygen atoms in total. The minimum Gasteiger partial charge on any atom is -0.344 e. The van der Waals surface area contributed by atoms with E-state index in [4.69, 9.17) is 0 Å². The van der Waals surface area contributed by atoms with Crippen molar-refractivity contribution in [1.82, 2.24) is 25.5 Å². The summed E-state index contributed by atoms with van der Waals surface area (Å²) < 4.78 is 0. The fraction of sp³-hybridized carbons (Fsp3) is 0.588. The normalized spacial score (nSPS) is 17.1. The van der Waals surface area contributed by atoms with Crippen molar-refractivity contribution in [2.75, 3.05) is 0 Å². The molecule has 1 atom stereocenters. The van der Waals surface area contributed by atoms with Crippen molar-refractivity contribution in [2.45, 2.75) is 64.3 Å². The fourth-order valence-electron chi connectivity index (χ4n) is 3.39. The largest absolute Gasteiger partial charge is 0.344 e. The molecule has 0 aromatic carbocycles. The molecule has 23 heavy (non-hydrogen) atoms. The minimum atomic E-state index is -0.106. The highest BCUT2D eigenvalue weighted by Gasteiger charge is 2.25. The van der Waals surface area contributed by atoms with Gasteiger partial charge in [0.05, 0.1) is 23.5 Å². The number of H-pyrrole nitrogens is 2. The van der Waals surface area contributed by atoms with Crippen LogP contribution in [-0.4, -0.2) is 26.1 Å². The van der Waals surface area contributed by atoms with E-state index in [0.29, 0.717) is 11.5 Å². The quantitative estimate of drug-likeness (QED) is 0.790. The van der Waals surface area contributed by atoms with Crippen molar-refractivity contribution in [3.63, 3.8) is 0 Å². The number of nitrogens with zero attached hydrogens (tertiary/aromatic N) is 2. The van der Waals surface area contributed by atoms with Gasteiger partial charge in [0.25, 0.3) is 5.91 Å². The second-order valence-electron chi connectivity index (χ2n) is 6.42. The Bertz CT molecular complexity index is 653. The molecule has 1 amide bonds. The van der Waals surface area contributed by atoms with Gasteiger partial charge in [0.15, 0.2) is 0 Å². The van der Waals surface area contributed by atoms with Crippen molar-refractivity contribution in [2.24, 2.45) is 0 Å². The first-order chi connectivity index (χ1) is 11.2. The van der Waals surface area contributed by atoms with Gasteiger partial charge in [-0.05, 0) is 26.2 Å². The van der Waals surface area contributed by atoms with Gasteiger partial charge >= 0.3 is 0 Å². The molecule has 1 aliphatic rings. The van der Waals surface area contributed by atoms with E-state index in [1.165, 1.54) is 19.3 Å². The van der Waals surface area contributed by atoms with Crippen LogP contribution in [0.15, 0.2) is 12.4 Å². The Morgan fingerprint density at radius 3 is 2.78 bits per heavy atom. The topological polar surface area (TPSA) is 86.5 Å². The number of carbonyl (C=O) groups is 1. The molecule has 6 heteroatoms. The molecular weight excluding hydrogens is 290 g/mol. The summed E-state index contributed by atoms with van der Waals surface area (Å²) in [7, 11) is 0. The highest BCUT2D eigenvalue weighted by atomic mass is 16.1. The van der Waals surface area contributed by atoms with Crippen LogP contribution in [0.3, 0.4) is 0 Å². The molecule has 2 aromatic heterocycles. The van der Waals surface area contributed by atoms with E-state index >= 15 is 0 Å². The van der Waals surface area contributed by atoms with Gasteiger partial charge in [-0.25, -0.2) is 4.98 Å². The van der Waals surface area contributed by atoms with Gasteiger partial charge in [-0.15, -0.1) is 0 Å². The molecule has 0 spiro atoms. The molecule has 2 heterocycles. The smallest absolute Gasteiger partial charge is 0.255 e. The second-order valence-corrected chi connectivity index (χ2v) is 6.42. The summed E-state index contributed by atoms with van der Waals surface area (Å²) in [5.74, 6) is 1.17. The Hall–Kier alpha value is -2.11. The number of hydrogen-bond donors (Lipinski definition) is 3. The van der Waals surface area contributed by atoms with Crippen molar-refractivity contribution in [3.05, 3.63) is 35.2 Å². The van der Waals surface area contributed by atoms with E-state index in [1.54, 1.807) is 12.4 Å². The molecule has 1 unspecified atom stereocenters. The average Bonchev–Trinajstić information content (AvgIpc) is 3.22. The molecule has 0 radical (unpaired) electrons. The molecular formula is C17H25N5O. The first-order valence-electron chi connectivity index (χ1n) is 8.54. The van der Waals surface area contributed by atoms with Gasteiger partial charge in [0, 0.05) is 17.8 Å². The first kappa shape index (κ1) is 15.8. The number of nitrogens with one attached hydrogen (secondary N) is 3. The summed E-state index contributed by atoms with van der Waals surface area (Å²) in [4.78, 5) is 20.3. The predicted octanol–water partition coefficient (Wildman–Crippen LogP) is 3.37. The van der Waals surface area contributed by atoms with Crippen LogP contribution in [0.25, 0.3) is 0 Å². The minimum absolute atomic E-state index is 0.0692.